The number of carbonyl (C=O) groups excluding carboxylic acids is 8. The number of piperidine rings is 2. The molecule has 426 valence electrons. The molecule has 0 saturated carbocycles. The van der Waals surface area contributed by atoms with E-state index in [0.717, 1.165) is 91.7 Å². The van der Waals surface area contributed by atoms with E-state index < -0.39 is 83.9 Å². The number of imide groups is 2. The highest BCUT2D eigenvalue weighted by Crippen LogP contribution is 2.59. The fourth-order valence-corrected chi connectivity index (χ4v) is 12.1. The summed E-state index contributed by atoms with van der Waals surface area (Å²) in [4.78, 5) is 129. The maximum Gasteiger partial charge on any atom is 0.399 e. The predicted molar refractivity (Wildman–Crippen MR) is 293 cm³/mol. The van der Waals surface area contributed by atoms with Crippen molar-refractivity contribution in [3.05, 3.63) is 105 Å². The summed E-state index contributed by atoms with van der Waals surface area (Å²) in [6.07, 6.45) is 8.38. The maximum atomic E-state index is 14.8. The molecule has 4 aromatic rings. The van der Waals surface area contributed by atoms with Gasteiger partial charge in [0.05, 0.1) is 22.1 Å². The number of alkyl halides is 2. The van der Waals surface area contributed by atoms with E-state index in [2.05, 4.69) is 27.8 Å². The van der Waals surface area contributed by atoms with E-state index in [9.17, 15) is 61.5 Å². The molecule has 80 heavy (non-hydrogen) atoms. The van der Waals surface area contributed by atoms with Crippen molar-refractivity contribution in [1.82, 2.24) is 30.7 Å². The van der Waals surface area contributed by atoms with E-state index in [1.807, 2.05) is 30.3 Å². The highest BCUT2D eigenvalue weighted by molar-refractivity contribution is 7.52. The van der Waals surface area contributed by atoms with Crippen LogP contribution in [0.1, 0.15) is 157 Å². The number of thiophene rings is 1. The summed E-state index contributed by atoms with van der Waals surface area (Å²) in [6.45, 7) is 6.34. The molecule has 1 aromatic heterocycles. The van der Waals surface area contributed by atoms with Crippen LogP contribution >= 0.6 is 18.9 Å². The third-order valence-corrected chi connectivity index (χ3v) is 17.2. The quantitative estimate of drug-likeness (QED) is 0.0252. The summed E-state index contributed by atoms with van der Waals surface area (Å²) >= 11 is 0.957. The van der Waals surface area contributed by atoms with Crippen LogP contribution in [0.25, 0.3) is 10.1 Å². The Morgan fingerprint density at radius 1 is 0.875 bits per heavy atom. The average Bonchev–Trinajstić information content (AvgIpc) is 4.19. The Bertz CT molecular complexity index is 3150. The highest BCUT2D eigenvalue weighted by Gasteiger charge is 2.51. The van der Waals surface area contributed by atoms with Gasteiger partial charge in [0.15, 0.2) is 0 Å². The molecule has 22 heteroatoms. The summed E-state index contributed by atoms with van der Waals surface area (Å²) in [7, 11) is -5.85. The predicted octanol–water partition coefficient (Wildman–Crippen LogP) is 7.36. The lowest BCUT2D eigenvalue weighted by Crippen LogP contribution is -2.58. The Hall–Kier alpha value is -6.69. The Labute approximate surface area is 466 Å². The van der Waals surface area contributed by atoms with Crippen molar-refractivity contribution < 1.29 is 66.2 Å². The van der Waals surface area contributed by atoms with E-state index in [1.54, 1.807) is 43.9 Å². The van der Waals surface area contributed by atoms with Gasteiger partial charge in [-0.1, -0.05) is 101 Å². The maximum absolute atomic E-state index is 14.8. The third kappa shape index (κ3) is 13.9. The molecule has 3 aromatic carbocycles. The largest absolute Gasteiger partial charge is 0.399 e. The van der Waals surface area contributed by atoms with Crippen molar-refractivity contribution in [3.8, 4) is 11.8 Å². The van der Waals surface area contributed by atoms with Crippen molar-refractivity contribution in [1.29, 1.82) is 0 Å². The van der Waals surface area contributed by atoms with Crippen LogP contribution in [0, 0.1) is 17.3 Å². The number of halogens is 2. The molecule has 8 amide bonds. The van der Waals surface area contributed by atoms with E-state index in [-0.39, 0.29) is 71.5 Å². The molecule has 0 aliphatic carbocycles. The molecule has 5 N–H and O–H groups in total. The van der Waals surface area contributed by atoms with Crippen LogP contribution in [-0.2, 0) is 38.9 Å². The van der Waals surface area contributed by atoms with Crippen LogP contribution in [-0.4, -0.2) is 129 Å². The number of fused-ring (bicyclic) bond motifs is 2. The van der Waals surface area contributed by atoms with E-state index in [0.29, 0.717) is 36.3 Å². The summed E-state index contributed by atoms with van der Waals surface area (Å²) in [5, 5.41) is 8.09. The number of nitrogens with zero attached hydrogens (tertiary/aromatic N) is 3. The van der Waals surface area contributed by atoms with Crippen molar-refractivity contribution in [2.75, 3.05) is 32.8 Å². The fraction of sp³-hybridized carbons (Fsp3) is 0.483. The first-order valence-corrected chi connectivity index (χ1v) is 29.6. The van der Waals surface area contributed by atoms with E-state index in [1.165, 1.54) is 17.0 Å². The van der Waals surface area contributed by atoms with Crippen molar-refractivity contribution in [2.24, 2.45) is 5.41 Å². The third-order valence-electron chi connectivity index (χ3n) is 15.1. The zero-order chi connectivity index (χ0) is 57.5. The molecular weight excluding hydrogens is 1070 g/mol. The number of benzene rings is 3. The van der Waals surface area contributed by atoms with Crippen LogP contribution in [0.4, 0.5) is 8.78 Å². The minimum absolute atomic E-state index is 0.0262. The van der Waals surface area contributed by atoms with Gasteiger partial charge in [-0.3, -0.25) is 53.1 Å². The molecule has 5 atom stereocenters. The van der Waals surface area contributed by atoms with Gasteiger partial charge in [0.2, 0.25) is 29.5 Å². The fourth-order valence-electron chi connectivity index (χ4n) is 10.7. The molecule has 3 saturated heterocycles. The molecule has 4 aliphatic rings. The zero-order valence-corrected chi connectivity index (χ0v) is 46.7. The molecule has 8 rings (SSSR count). The van der Waals surface area contributed by atoms with Gasteiger partial charge >= 0.3 is 13.3 Å². The monoisotopic (exact) mass is 1140 g/mol. The minimum atomic E-state index is -5.85. The molecule has 0 radical (unpaired) electrons. The molecule has 18 nitrogen and oxygen atoms in total. The lowest BCUT2D eigenvalue weighted by Gasteiger charge is -2.38. The normalized spacial score (nSPS) is 20.1. The first-order valence-electron chi connectivity index (χ1n) is 27.2. The molecule has 2 unspecified atom stereocenters. The standard InChI is InChI=1S/C58H67F2N6O12PS/c1-57(2,3)50(63-52(70)47-31-39-30-40(22-25-46(39)80-47)58(59,60)79(75,76)77)56(74)65-34-41(32-45(65)55(73)64-28-16-20-38(33-64)37-18-13-11-14-19-37)78-35-49(68)61-27-15-10-8-6-4-5-7-9-12-17-36-21-23-42-43(29-36)54(72)66(53(42)71)44-24-26-48(67)62-51(44)69/h11,13-14,18-19,21-23,25,29-31,38,41,44-45,50H,4-10,15-16,20,24,26-28,32-35H2,1-3H3,(H,61,68)(H,63,70)(H,62,67,69)(H2,75,76,77)/t38?,41-,44?,45-,50+/m0/s1. The summed E-state index contributed by atoms with van der Waals surface area (Å²) < 4.78 is 47.3. The van der Waals surface area contributed by atoms with Crippen LogP contribution in [0.5, 0.6) is 0 Å². The highest BCUT2D eigenvalue weighted by atomic mass is 32.1. The Balaban J connectivity index is 0.796. The van der Waals surface area contributed by atoms with Gasteiger partial charge in [0.1, 0.15) is 24.7 Å². The van der Waals surface area contributed by atoms with Crippen LogP contribution in [0.15, 0.2) is 72.8 Å². The number of unbranched alkanes of at least 4 members (excludes halogenated alkanes) is 7. The number of hydrogen-bond donors (Lipinski definition) is 5. The second-order valence-electron chi connectivity index (χ2n) is 22.0. The molecule has 4 aliphatic heterocycles. The average molecular weight is 1140 g/mol. The number of likely N-dealkylation sites (tertiary alicyclic amines) is 2. The van der Waals surface area contributed by atoms with Gasteiger partial charge in [-0.05, 0) is 84.9 Å². The number of ether oxygens (including phenoxy) is 1. The molecule has 0 bridgehead atoms. The first-order chi connectivity index (χ1) is 38.0. The van der Waals surface area contributed by atoms with Gasteiger partial charge in [0, 0.05) is 67.2 Å². The van der Waals surface area contributed by atoms with Crippen LogP contribution in [0.3, 0.4) is 0 Å². The Kier molecular flexibility index (Phi) is 18.9. The minimum Gasteiger partial charge on any atom is -0.366 e. The van der Waals surface area contributed by atoms with Crippen molar-refractivity contribution in [2.45, 2.75) is 140 Å². The molecule has 3 fully saturated rings. The SMILES string of the molecule is CC(C)(C)[C@H](NC(=O)c1cc2cc(C(F)(F)P(=O)(O)O)ccc2s1)C(=O)N1C[C@@H](OCC(=O)NCCCCCCCCCC#Cc2ccc3c(c2)C(=O)N(C2CCC(=O)NC2=O)C3=O)C[C@H]1C(=O)N1CCCC(c2ccccc2)C1. The lowest BCUT2D eigenvalue weighted by molar-refractivity contribution is -0.147. The number of nitrogens with one attached hydrogen (secondary N) is 3. The second kappa shape index (κ2) is 25.4. The second-order valence-corrected chi connectivity index (χ2v) is 24.7. The number of rotatable bonds is 20. The lowest BCUT2D eigenvalue weighted by atomic mass is 9.85. The van der Waals surface area contributed by atoms with Crippen molar-refractivity contribution in [3.63, 3.8) is 0 Å². The smallest absolute Gasteiger partial charge is 0.366 e. The summed E-state index contributed by atoms with van der Waals surface area (Å²) in [5.41, 5.74) is -4.17. The van der Waals surface area contributed by atoms with Crippen LogP contribution < -0.4 is 16.0 Å². The molecule has 0 spiro atoms. The summed E-state index contributed by atoms with van der Waals surface area (Å²) in [5.74, 6) is 2.25. The Morgan fingerprint density at radius 3 is 2.30 bits per heavy atom. The summed E-state index contributed by atoms with van der Waals surface area (Å²) in [6, 6.07) is 15.9. The zero-order valence-electron chi connectivity index (χ0n) is 45.0. The van der Waals surface area contributed by atoms with Gasteiger partial charge in [0.25, 0.3) is 17.7 Å². The van der Waals surface area contributed by atoms with Gasteiger partial charge in [-0.25, -0.2) is 0 Å². The van der Waals surface area contributed by atoms with E-state index >= 15 is 0 Å². The van der Waals surface area contributed by atoms with Crippen molar-refractivity contribution >= 4 is 76.3 Å². The molecular formula is C58H67F2N6O12PS. The Morgan fingerprint density at radius 2 is 1.59 bits per heavy atom. The molecule has 5 heterocycles. The van der Waals surface area contributed by atoms with E-state index in [4.69, 9.17) is 4.74 Å². The topological polar surface area (TPSA) is 249 Å². The first kappa shape index (κ1) is 59.4. The van der Waals surface area contributed by atoms with Gasteiger partial charge in [-0.15, -0.1) is 11.3 Å². The number of hydrogen-bond acceptors (Lipinski definition) is 11. The van der Waals surface area contributed by atoms with Gasteiger partial charge < -0.3 is 35.0 Å². The number of amides is 8. The van der Waals surface area contributed by atoms with Crippen LogP contribution in [0.2, 0.25) is 0 Å². The number of carbonyl (C=O) groups is 8. The van der Waals surface area contributed by atoms with Gasteiger partial charge in [-0.2, -0.15) is 8.78 Å².